The predicted molar refractivity (Wildman–Crippen MR) is 205 cm³/mol. The number of phenols is 2. The number of hydrogen-bond donors (Lipinski definition) is 6. The number of rotatable bonds is 5. The molecule has 6 fully saturated rings. The van der Waals surface area contributed by atoms with Crippen LogP contribution in [0, 0.1) is 47.3 Å². The first-order valence-corrected chi connectivity index (χ1v) is 21.0. The molecule has 0 amide bonds. The first-order valence-electron chi connectivity index (χ1n) is 21.0. The van der Waals surface area contributed by atoms with E-state index < -0.39 is 60.1 Å². The van der Waals surface area contributed by atoms with Crippen LogP contribution in [0.5, 0.6) is 17.2 Å². The van der Waals surface area contributed by atoms with E-state index in [4.69, 9.17) is 18.9 Å². The number of hydrogen-bond acceptors (Lipinski definition) is 11. The molecule has 0 aromatic heterocycles. The molecule has 2 aromatic carbocycles. The Kier molecular flexibility index (Phi) is 8.77. The van der Waals surface area contributed by atoms with Crippen molar-refractivity contribution < 1.29 is 59.2 Å². The van der Waals surface area contributed by atoms with Crippen molar-refractivity contribution in [1.29, 1.82) is 0 Å². The number of carbonyl (C=O) groups excluding carboxylic acids is 1. The second-order valence-electron chi connectivity index (χ2n) is 19.1. The Hall–Kier alpha value is -3.52. The van der Waals surface area contributed by atoms with E-state index >= 15 is 0 Å². The number of carboxylic acids is 1. The molecule has 5 aliphatic carbocycles. The Morgan fingerprint density at radius 1 is 0.965 bits per heavy atom. The molecule has 306 valence electrons. The zero-order valence-corrected chi connectivity index (χ0v) is 32.7. The summed E-state index contributed by atoms with van der Waals surface area (Å²) in [5.74, 6) is -1.64. The number of benzene rings is 2. The second kappa shape index (κ2) is 13.2. The fraction of sp³-hybridized carbons (Fsp3) is 0.644. The Balaban J connectivity index is 1.01. The Bertz CT molecular complexity index is 2110. The summed E-state index contributed by atoms with van der Waals surface area (Å²) in [6.45, 7) is 3.77. The van der Waals surface area contributed by atoms with Crippen LogP contribution < -0.4 is 4.74 Å². The molecule has 3 heterocycles. The Morgan fingerprint density at radius 3 is 2.47 bits per heavy atom. The van der Waals surface area contributed by atoms with E-state index in [2.05, 4.69) is 6.08 Å². The number of carboxylic acid groups (broad SMARTS) is 1. The number of aliphatic hydroxyl groups excluding tert-OH is 3. The van der Waals surface area contributed by atoms with Crippen LogP contribution in [0.15, 0.2) is 34.9 Å². The van der Waals surface area contributed by atoms with Crippen molar-refractivity contribution in [3.8, 4) is 17.2 Å². The normalized spacial score (nSPS) is 39.0. The summed E-state index contributed by atoms with van der Waals surface area (Å²) in [5.41, 5.74) is 2.61. The van der Waals surface area contributed by atoms with Gasteiger partial charge in [0.2, 0.25) is 6.29 Å². The van der Waals surface area contributed by atoms with Gasteiger partial charge in [-0.15, -0.1) is 0 Å². The van der Waals surface area contributed by atoms with Crippen LogP contribution in [0.25, 0.3) is 10.8 Å². The minimum absolute atomic E-state index is 0.0109. The first kappa shape index (κ1) is 37.7. The molecular formula is C45H54O12. The van der Waals surface area contributed by atoms with Crippen LogP contribution in [0.3, 0.4) is 0 Å². The number of aromatic carboxylic acids is 1. The van der Waals surface area contributed by atoms with Crippen LogP contribution in [-0.4, -0.2) is 99.0 Å². The number of Topliss-reactive ketones (excluding diaryl/α,β-unsaturated/α-hetero) is 1. The zero-order valence-electron chi connectivity index (χ0n) is 32.7. The molecule has 10 rings (SSSR count). The van der Waals surface area contributed by atoms with Gasteiger partial charge in [0.15, 0.2) is 5.78 Å². The number of fused-ring (bicyclic) bond motifs is 3. The van der Waals surface area contributed by atoms with Crippen molar-refractivity contribution in [3.63, 3.8) is 0 Å². The molecule has 12 nitrogen and oxygen atoms in total. The summed E-state index contributed by atoms with van der Waals surface area (Å²) in [7, 11) is 0. The minimum atomic E-state index is -1.74. The van der Waals surface area contributed by atoms with Crippen LogP contribution >= 0.6 is 0 Å². The molecule has 3 spiro atoms. The highest BCUT2D eigenvalue weighted by Gasteiger charge is 2.65. The molecule has 2 aromatic rings. The summed E-state index contributed by atoms with van der Waals surface area (Å²) in [6.07, 6.45) is 8.68. The van der Waals surface area contributed by atoms with Gasteiger partial charge in [-0.05, 0) is 135 Å². The van der Waals surface area contributed by atoms with Gasteiger partial charge < -0.3 is 49.6 Å². The third-order valence-electron chi connectivity index (χ3n) is 16.2. The molecule has 0 bridgehead atoms. The van der Waals surface area contributed by atoms with Crippen molar-refractivity contribution in [2.24, 2.45) is 40.4 Å². The highest BCUT2D eigenvalue weighted by molar-refractivity contribution is 6.11. The lowest BCUT2D eigenvalue weighted by Crippen LogP contribution is -2.69. The third-order valence-corrected chi connectivity index (χ3v) is 16.2. The number of aliphatic hydroxyl groups is 3. The molecule has 0 unspecified atom stereocenters. The molecule has 4 saturated carbocycles. The maximum atomic E-state index is 12.6. The summed E-state index contributed by atoms with van der Waals surface area (Å²) in [5, 5.41) is 67.6. The Labute approximate surface area is 331 Å². The van der Waals surface area contributed by atoms with Gasteiger partial charge in [-0.25, -0.2) is 4.79 Å². The van der Waals surface area contributed by atoms with E-state index in [1.54, 1.807) is 0 Å². The lowest BCUT2D eigenvalue weighted by molar-refractivity contribution is -0.326. The molecule has 12 heteroatoms. The van der Waals surface area contributed by atoms with Gasteiger partial charge in [-0.1, -0.05) is 18.9 Å². The summed E-state index contributed by atoms with van der Waals surface area (Å²) >= 11 is 0. The van der Waals surface area contributed by atoms with Crippen molar-refractivity contribution >= 4 is 22.5 Å². The molecule has 3 aliphatic heterocycles. The molecule has 57 heavy (non-hydrogen) atoms. The number of aromatic hydroxyl groups is 2. The molecule has 11 atom stereocenters. The molecule has 8 aliphatic rings. The van der Waals surface area contributed by atoms with Crippen LogP contribution in [0.4, 0.5) is 0 Å². The minimum Gasteiger partial charge on any atom is -0.507 e. The molecule has 6 N–H and O–H groups in total. The fourth-order valence-corrected chi connectivity index (χ4v) is 14.0. The zero-order chi connectivity index (χ0) is 39.8. The van der Waals surface area contributed by atoms with Gasteiger partial charge in [0, 0.05) is 23.5 Å². The van der Waals surface area contributed by atoms with Crippen molar-refractivity contribution in [2.45, 2.75) is 115 Å². The number of ketones is 1. The Morgan fingerprint density at radius 2 is 1.74 bits per heavy atom. The number of ether oxygens (including phenoxy) is 4. The summed E-state index contributed by atoms with van der Waals surface area (Å²) < 4.78 is 25.8. The number of carbonyl (C=O) groups is 2. The number of phenolic OH excluding ortho intramolecular Hbond substituents is 2. The highest BCUT2D eigenvalue weighted by Crippen LogP contribution is 2.69. The van der Waals surface area contributed by atoms with Gasteiger partial charge in [0.05, 0.1) is 36.3 Å². The SMILES string of the molecule is CC(=O)c1c(C)c(O)c2cc(C(=O)O)cc(O[C@H]3O[C@H](CO)[C@@]4(C[C@@H]5C6=C(CC=C6[C@H]6COC[C@@H]7C[C@]8(CCC9(CCCC9)C8)C[C@@H]5[C@@H]76)CO4)[C@H](O)[C@H]3O)c2c1O. The van der Waals surface area contributed by atoms with E-state index in [0.717, 1.165) is 31.6 Å². The smallest absolute Gasteiger partial charge is 0.335 e. The van der Waals surface area contributed by atoms with Crippen molar-refractivity contribution in [3.05, 3.63) is 51.6 Å². The van der Waals surface area contributed by atoms with Gasteiger partial charge in [0.1, 0.15) is 41.2 Å². The largest absolute Gasteiger partial charge is 0.507 e. The van der Waals surface area contributed by atoms with Crippen LogP contribution in [0.1, 0.15) is 104 Å². The second-order valence-corrected chi connectivity index (χ2v) is 19.1. The van der Waals surface area contributed by atoms with E-state index in [1.165, 1.54) is 81.9 Å². The highest BCUT2D eigenvalue weighted by atomic mass is 16.7. The van der Waals surface area contributed by atoms with E-state index in [-0.39, 0.29) is 51.2 Å². The monoisotopic (exact) mass is 786 g/mol. The third kappa shape index (κ3) is 5.46. The van der Waals surface area contributed by atoms with Gasteiger partial charge in [-0.2, -0.15) is 0 Å². The van der Waals surface area contributed by atoms with Crippen molar-refractivity contribution in [1.82, 2.24) is 0 Å². The van der Waals surface area contributed by atoms with Gasteiger partial charge in [-0.3, -0.25) is 4.79 Å². The fourth-order valence-electron chi connectivity index (χ4n) is 14.0. The van der Waals surface area contributed by atoms with E-state index in [9.17, 15) is 40.2 Å². The maximum Gasteiger partial charge on any atom is 0.335 e. The standard InChI is InChI=1S/C45H54O12/c1-21-33(22(2)47)38(49)36-27(37(21)48)11-24(41(52)53)12-31(36)56-42-39(50)40(51)45(32(16-46)57-42)15-29-28-14-44(10-9-43(20-44)7-3-4-8-43)13-25-17-54-19-30(35(25)28)26-6-5-23(18-55-45)34(26)29/h6,11-12,25,28-30,32,35,39-40,42,46,48-51H,3-5,7-10,13-20H2,1-2H3,(H,52,53)/t25-,28-,29-,30+,32+,35+,39+,40+,42-,44+,45-/m0/s1. The van der Waals surface area contributed by atoms with Crippen LogP contribution in [0.2, 0.25) is 0 Å². The molecule has 0 radical (unpaired) electrons. The first-order chi connectivity index (χ1) is 27.3. The predicted octanol–water partition coefficient (Wildman–Crippen LogP) is 5.71. The lowest BCUT2D eigenvalue weighted by atomic mass is 9.47. The van der Waals surface area contributed by atoms with E-state index in [0.29, 0.717) is 42.1 Å². The van der Waals surface area contributed by atoms with Crippen LogP contribution in [-0.2, 0) is 14.2 Å². The lowest BCUT2D eigenvalue weighted by Gasteiger charge is -2.59. The van der Waals surface area contributed by atoms with E-state index in [1.807, 2.05) is 0 Å². The average Bonchev–Trinajstić information content (AvgIpc) is 3.89. The van der Waals surface area contributed by atoms with Gasteiger partial charge in [0.25, 0.3) is 0 Å². The summed E-state index contributed by atoms with van der Waals surface area (Å²) in [4.78, 5) is 24.8. The average molecular weight is 787 g/mol. The van der Waals surface area contributed by atoms with Gasteiger partial charge >= 0.3 is 5.97 Å². The topological polar surface area (TPSA) is 192 Å². The van der Waals surface area contributed by atoms with Crippen molar-refractivity contribution in [2.75, 3.05) is 26.4 Å². The maximum absolute atomic E-state index is 12.6. The summed E-state index contributed by atoms with van der Waals surface area (Å²) in [6, 6.07) is 2.27. The number of allylic oxidation sites excluding steroid dienone is 2. The molecular weight excluding hydrogens is 732 g/mol. The molecule has 2 saturated heterocycles. The quantitative estimate of drug-likeness (QED) is 0.160.